The first-order chi connectivity index (χ1) is 9.16. The molecule has 3 nitrogen and oxygen atoms in total. The molecule has 2 aromatic rings. The Hall–Kier alpha value is -1.27. The molecular weight excluding hydrogens is 268 g/mol. The second-order valence-corrected chi connectivity index (χ2v) is 5.27. The molecule has 2 heterocycles. The van der Waals surface area contributed by atoms with Crippen molar-refractivity contribution in [1.29, 1.82) is 0 Å². The molecule has 1 aromatic heterocycles. The summed E-state index contributed by atoms with van der Waals surface area (Å²) in [6, 6.07) is 2.64. The number of H-pyrrole nitrogens is 1. The van der Waals surface area contributed by atoms with Gasteiger partial charge in [0.1, 0.15) is 5.52 Å². The van der Waals surface area contributed by atoms with Gasteiger partial charge in [-0.15, -0.1) is 0 Å². The highest BCUT2D eigenvalue weighted by Gasteiger charge is 2.16. The number of likely N-dealkylation sites (tertiary alicyclic amines) is 1. The van der Waals surface area contributed by atoms with E-state index < -0.39 is 11.6 Å². The summed E-state index contributed by atoms with van der Waals surface area (Å²) in [5.41, 5.74) is 0.787. The monoisotopic (exact) mass is 283 g/mol. The molecule has 3 rings (SSSR count). The zero-order chi connectivity index (χ0) is 13.4. The maximum atomic E-state index is 13.9. The SMILES string of the molecule is Fc1ccc2[nH]c(=S)n(CCN3CCCC3)c2c1F. The van der Waals surface area contributed by atoms with Crippen LogP contribution in [0.15, 0.2) is 12.1 Å². The third-order valence-electron chi connectivity index (χ3n) is 3.66. The Bertz CT molecular complexity index is 656. The Morgan fingerprint density at radius 1 is 1.16 bits per heavy atom. The molecule has 0 radical (unpaired) electrons. The minimum atomic E-state index is -0.837. The molecule has 0 amide bonds. The van der Waals surface area contributed by atoms with E-state index >= 15 is 0 Å². The van der Waals surface area contributed by atoms with Crippen LogP contribution < -0.4 is 0 Å². The number of fused-ring (bicyclic) bond motifs is 1. The fraction of sp³-hybridized carbons (Fsp3) is 0.462. The lowest BCUT2D eigenvalue weighted by Gasteiger charge is -2.15. The molecule has 1 saturated heterocycles. The van der Waals surface area contributed by atoms with Crippen LogP contribution in [0.4, 0.5) is 8.78 Å². The van der Waals surface area contributed by atoms with Crippen molar-refractivity contribution in [2.45, 2.75) is 19.4 Å². The molecule has 0 saturated carbocycles. The lowest BCUT2D eigenvalue weighted by atomic mass is 10.3. The average molecular weight is 283 g/mol. The normalized spacial score (nSPS) is 16.5. The minimum absolute atomic E-state index is 0.240. The topological polar surface area (TPSA) is 24.0 Å². The number of hydrogen-bond donors (Lipinski definition) is 1. The van der Waals surface area contributed by atoms with Crippen molar-refractivity contribution in [1.82, 2.24) is 14.5 Å². The highest BCUT2D eigenvalue weighted by Crippen LogP contribution is 2.20. The zero-order valence-electron chi connectivity index (χ0n) is 10.5. The number of imidazole rings is 1. The van der Waals surface area contributed by atoms with E-state index in [4.69, 9.17) is 12.2 Å². The average Bonchev–Trinajstić information content (AvgIpc) is 2.99. The van der Waals surface area contributed by atoms with Gasteiger partial charge in [0, 0.05) is 13.1 Å². The van der Waals surface area contributed by atoms with Crippen LogP contribution in [0.5, 0.6) is 0 Å². The smallest absolute Gasteiger partial charge is 0.184 e. The van der Waals surface area contributed by atoms with Crippen molar-refractivity contribution in [3.05, 3.63) is 28.5 Å². The molecule has 1 aromatic carbocycles. The Morgan fingerprint density at radius 3 is 2.63 bits per heavy atom. The summed E-state index contributed by atoms with van der Waals surface area (Å²) in [7, 11) is 0. The third-order valence-corrected chi connectivity index (χ3v) is 3.99. The molecule has 19 heavy (non-hydrogen) atoms. The Kier molecular flexibility index (Phi) is 3.36. The lowest BCUT2D eigenvalue weighted by Crippen LogP contribution is -2.24. The van der Waals surface area contributed by atoms with Crippen LogP contribution in [-0.2, 0) is 6.54 Å². The molecule has 102 valence electrons. The number of halogens is 2. The van der Waals surface area contributed by atoms with Crippen molar-refractivity contribution < 1.29 is 8.78 Å². The van der Waals surface area contributed by atoms with E-state index in [0.29, 0.717) is 16.8 Å². The number of aromatic amines is 1. The molecule has 0 atom stereocenters. The van der Waals surface area contributed by atoms with Crippen LogP contribution >= 0.6 is 12.2 Å². The van der Waals surface area contributed by atoms with Crippen molar-refractivity contribution in [2.24, 2.45) is 0 Å². The summed E-state index contributed by atoms with van der Waals surface area (Å²) in [5, 5.41) is 0. The van der Waals surface area contributed by atoms with E-state index in [1.807, 2.05) is 0 Å². The summed E-state index contributed by atoms with van der Waals surface area (Å²) in [6.45, 7) is 3.55. The second-order valence-electron chi connectivity index (χ2n) is 4.89. The van der Waals surface area contributed by atoms with Crippen molar-refractivity contribution in [3.63, 3.8) is 0 Å². The molecule has 1 fully saturated rings. The number of nitrogens with zero attached hydrogens (tertiary/aromatic N) is 2. The van der Waals surface area contributed by atoms with Crippen LogP contribution in [0, 0.1) is 16.4 Å². The number of hydrogen-bond acceptors (Lipinski definition) is 2. The van der Waals surface area contributed by atoms with Gasteiger partial charge in [-0.05, 0) is 50.3 Å². The van der Waals surface area contributed by atoms with Crippen molar-refractivity contribution in [3.8, 4) is 0 Å². The first-order valence-corrected chi connectivity index (χ1v) is 6.86. The number of nitrogens with one attached hydrogen (secondary N) is 1. The molecule has 0 aliphatic carbocycles. The zero-order valence-corrected chi connectivity index (χ0v) is 11.3. The highest BCUT2D eigenvalue weighted by molar-refractivity contribution is 7.71. The Balaban J connectivity index is 1.95. The van der Waals surface area contributed by atoms with Crippen LogP contribution in [-0.4, -0.2) is 34.1 Å². The van der Waals surface area contributed by atoms with Gasteiger partial charge in [0.15, 0.2) is 16.4 Å². The first kappa shape index (κ1) is 12.7. The molecular formula is C13H15F2N3S. The van der Waals surface area contributed by atoms with Crippen LogP contribution in [0.2, 0.25) is 0 Å². The van der Waals surface area contributed by atoms with E-state index in [9.17, 15) is 8.78 Å². The van der Waals surface area contributed by atoms with Crippen molar-refractivity contribution in [2.75, 3.05) is 19.6 Å². The maximum Gasteiger partial charge on any atom is 0.184 e. The highest BCUT2D eigenvalue weighted by atomic mass is 32.1. The molecule has 0 spiro atoms. The van der Waals surface area contributed by atoms with E-state index in [0.717, 1.165) is 25.7 Å². The molecule has 0 unspecified atom stereocenters. The summed E-state index contributed by atoms with van der Waals surface area (Å²) in [5.74, 6) is -1.66. The summed E-state index contributed by atoms with van der Waals surface area (Å²) < 4.78 is 29.3. The van der Waals surface area contributed by atoms with Crippen LogP contribution in [0.3, 0.4) is 0 Å². The third kappa shape index (κ3) is 2.30. The summed E-state index contributed by atoms with van der Waals surface area (Å²) in [4.78, 5) is 5.24. The van der Waals surface area contributed by atoms with E-state index in [-0.39, 0.29) is 5.52 Å². The lowest BCUT2D eigenvalue weighted by molar-refractivity contribution is 0.323. The molecule has 1 N–H and O–H groups in total. The molecule has 6 heteroatoms. The Labute approximate surface area is 114 Å². The molecule has 0 bridgehead atoms. The van der Waals surface area contributed by atoms with E-state index in [1.54, 1.807) is 4.57 Å². The van der Waals surface area contributed by atoms with Gasteiger partial charge in [-0.3, -0.25) is 0 Å². The molecule has 1 aliphatic rings. The quantitative estimate of drug-likeness (QED) is 0.875. The standard InChI is InChI=1S/C13H15F2N3S/c14-9-3-4-10-12(11(9)15)18(13(19)16-10)8-7-17-5-1-2-6-17/h3-4H,1-2,5-8H2,(H,16,19). The fourth-order valence-electron chi connectivity index (χ4n) is 2.65. The van der Waals surface area contributed by atoms with Gasteiger partial charge in [-0.1, -0.05) is 0 Å². The predicted molar refractivity (Wildman–Crippen MR) is 72.7 cm³/mol. The van der Waals surface area contributed by atoms with E-state index in [1.165, 1.54) is 18.9 Å². The Morgan fingerprint density at radius 2 is 1.89 bits per heavy atom. The largest absolute Gasteiger partial charge is 0.330 e. The predicted octanol–water partition coefficient (Wildman–Crippen LogP) is 3.07. The maximum absolute atomic E-state index is 13.9. The summed E-state index contributed by atoms with van der Waals surface area (Å²) >= 11 is 5.20. The van der Waals surface area contributed by atoms with Gasteiger partial charge in [0.25, 0.3) is 0 Å². The molecule has 1 aliphatic heterocycles. The number of rotatable bonds is 3. The van der Waals surface area contributed by atoms with Crippen LogP contribution in [0.25, 0.3) is 11.0 Å². The fourth-order valence-corrected chi connectivity index (χ4v) is 2.94. The van der Waals surface area contributed by atoms with Crippen LogP contribution in [0.1, 0.15) is 12.8 Å². The van der Waals surface area contributed by atoms with Gasteiger partial charge in [-0.25, -0.2) is 8.78 Å². The van der Waals surface area contributed by atoms with Gasteiger partial charge in [0.2, 0.25) is 0 Å². The summed E-state index contributed by atoms with van der Waals surface area (Å²) in [6.07, 6.45) is 2.42. The van der Waals surface area contributed by atoms with Gasteiger partial charge < -0.3 is 14.5 Å². The van der Waals surface area contributed by atoms with Gasteiger partial charge in [-0.2, -0.15) is 0 Å². The first-order valence-electron chi connectivity index (χ1n) is 6.45. The number of benzene rings is 1. The van der Waals surface area contributed by atoms with E-state index in [2.05, 4.69) is 9.88 Å². The van der Waals surface area contributed by atoms with Gasteiger partial charge >= 0.3 is 0 Å². The van der Waals surface area contributed by atoms with Gasteiger partial charge in [0.05, 0.1) is 5.52 Å². The number of aromatic nitrogens is 2. The van der Waals surface area contributed by atoms with Crippen molar-refractivity contribution >= 4 is 23.3 Å². The minimum Gasteiger partial charge on any atom is -0.330 e. The second kappa shape index (κ2) is 5.02.